The Kier molecular flexibility index (Phi) is 6.94. The molecule has 3 N–H and O–H groups in total. The van der Waals surface area contributed by atoms with Crippen molar-refractivity contribution < 1.29 is 23.0 Å². The minimum Gasteiger partial charge on any atom is -0.503 e. The fraction of sp³-hybridized carbons (Fsp3) is 0.400. The molecule has 0 aromatic heterocycles. The van der Waals surface area contributed by atoms with Crippen molar-refractivity contribution in [2.24, 2.45) is 5.73 Å². The third-order valence-corrected chi connectivity index (χ3v) is 4.40. The summed E-state index contributed by atoms with van der Waals surface area (Å²) in [7, 11) is 1.30. The van der Waals surface area contributed by atoms with E-state index in [2.05, 4.69) is 31.9 Å². The average molecular weight is 429 g/mol. The van der Waals surface area contributed by atoms with E-state index in [0.29, 0.717) is 0 Å². The largest absolute Gasteiger partial charge is 0.503 e. The van der Waals surface area contributed by atoms with Crippen LogP contribution in [0.25, 0.3) is 0 Å². The van der Waals surface area contributed by atoms with Crippen molar-refractivity contribution in [3.05, 3.63) is 20.6 Å². The topological polar surface area (TPSA) is 55.5 Å². The number of methoxy groups -OCH3 is 1. The van der Waals surface area contributed by atoms with Gasteiger partial charge in [0.15, 0.2) is 11.5 Å². The molecule has 110 valence electrons. The van der Waals surface area contributed by atoms with Crippen LogP contribution in [0.15, 0.2) is 15.0 Å². The molecule has 0 fully saturated rings. The lowest BCUT2D eigenvalue weighted by Crippen LogP contribution is -2.20. The van der Waals surface area contributed by atoms with Gasteiger partial charge < -0.3 is 15.6 Å². The first kappa shape index (κ1) is 18.8. The number of halogens is 6. The molecular formula is C10H11Br2ClF3NO2. The molecule has 19 heavy (non-hydrogen) atoms. The van der Waals surface area contributed by atoms with Gasteiger partial charge >= 0.3 is 6.18 Å². The molecule has 0 bridgehead atoms. The molecule has 1 atom stereocenters. The highest BCUT2D eigenvalue weighted by molar-refractivity contribution is 9.13. The van der Waals surface area contributed by atoms with Gasteiger partial charge in [0.05, 0.1) is 18.0 Å². The summed E-state index contributed by atoms with van der Waals surface area (Å²) in [6.45, 7) is 0. The summed E-state index contributed by atoms with van der Waals surface area (Å²) in [6, 6.07) is 0.0331. The van der Waals surface area contributed by atoms with E-state index >= 15 is 0 Å². The Morgan fingerprint density at radius 2 is 1.89 bits per heavy atom. The molecule has 0 amide bonds. The Morgan fingerprint density at radius 1 is 1.37 bits per heavy atom. The van der Waals surface area contributed by atoms with E-state index in [9.17, 15) is 18.3 Å². The third-order valence-electron chi connectivity index (χ3n) is 2.24. The number of phenolic OH excluding ortho intramolecular Hbond substituents is 1. The zero-order valence-electron chi connectivity index (χ0n) is 9.59. The molecule has 1 aromatic rings. The molecule has 1 aromatic carbocycles. The predicted molar refractivity (Wildman–Crippen MR) is 74.9 cm³/mol. The van der Waals surface area contributed by atoms with Crippen molar-refractivity contribution in [2.45, 2.75) is 18.6 Å². The molecule has 0 saturated carbocycles. The molecule has 1 rings (SSSR count). The fourth-order valence-corrected chi connectivity index (χ4v) is 2.42. The smallest absolute Gasteiger partial charge is 0.390 e. The highest BCUT2D eigenvalue weighted by atomic mass is 79.9. The van der Waals surface area contributed by atoms with Gasteiger partial charge in [-0.05, 0) is 43.5 Å². The number of alkyl halides is 3. The average Bonchev–Trinajstić information content (AvgIpc) is 2.24. The van der Waals surface area contributed by atoms with E-state index in [0.717, 1.165) is 0 Å². The highest BCUT2D eigenvalue weighted by Crippen LogP contribution is 2.44. The number of aromatic hydroxyl groups is 1. The molecular weight excluding hydrogens is 418 g/mol. The Bertz CT molecular complexity index is 457. The molecule has 0 aliphatic carbocycles. The van der Waals surface area contributed by atoms with Crippen LogP contribution >= 0.6 is 44.3 Å². The summed E-state index contributed by atoms with van der Waals surface area (Å²) in [5, 5.41) is 9.65. The van der Waals surface area contributed by atoms with E-state index in [1.165, 1.54) is 13.2 Å². The van der Waals surface area contributed by atoms with E-state index < -0.39 is 18.6 Å². The number of benzene rings is 1. The van der Waals surface area contributed by atoms with Crippen LogP contribution in [0.1, 0.15) is 18.0 Å². The maximum Gasteiger partial charge on any atom is 0.390 e. The summed E-state index contributed by atoms with van der Waals surface area (Å²) < 4.78 is 42.2. The normalized spacial score (nSPS) is 12.8. The molecule has 0 unspecified atom stereocenters. The first-order valence-electron chi connectivity index (χ1n) is 4.74. The quantitative estimate of drug-likeness (QED) is 0.753. The minimum absolute atomic E-state index is 0. The van der Waals surface area contributed by atoms with Crippen LogP contribution in [0, 0.1) is 0 Å². The molecule has 0 heterocycles. The van der Waals surface area contributed by atoms with Gasteiger partial charge in [-0.3, -0.25) is 0 Å². The van der Waals surface area contributed by atoms with Crippen LogP contribution in [-0.2, 0) is 0 Å². The van der Waals surface area contributed by atoms with E-state index in [-0.39, 0.29) is 38.4 Å². The lowest BCUT2D eigenvalue weighted by Gasteiger charge is -2.18. The summed E-state index contributed by atoms with van der Waals surface area (Å²) in [5.74, 6) is -0.148. The molecule has 0 aliphatic rings. The van der Waals surface area contributed by atoms with Gasteiger partial charge in [0.2, 0.25) is 0 Å². The van der Waals surface area contributed by atoms with Crippen molar-refractivity contribution in [1.29, 1.82) is 0 Å². The molecule has 0 radical (unpaired) electrons. The standard InChI is InChI=1S/C10H10Br2F3NO2.ClH/c1-18-6-2-4(5(16)3-10(13,14)15)7(11)8(12)9(6)17;/h2,5,17H,3,16H2,1H3;1H/t5-;/m0./s1. The fourth-order valence-electron chi connectivity index (χ4n) is 1.40. The maximum atomic E-state index is 12.3. The van der Waals surface area contributed by atoms with Gasteiger partial charge in [-0.1, -0.05) is 0 Å². The van der Waals surface area contributed by atoms with Crippen molar-refractivity contribution in [2.75, 3.05) is 7.11 Å². The van der Waals surface area contributed by atoms with Gasteiger partial charge in [-0.2, -0.15) is 13.2 Å². The Labute approximate surface area is 131 Å². The van der Waals surface area contributed by atoms with Crippen LogP contribution in [0.2, 0.25) is 0 Å². The van der Waals surface area contributed by atoms with Gasteiger partial charge in [0.25, 0.3) is 0 Å². The van der Waals surface area contributed by atoms with Crippen molar-refractivity contribution >= 4 is 44.3 Å². The van der Waals surface area contributed by atoms with E-state index in [4.69, 9.17) is 10.5 Å². The van der Waals surface area contributed by atoms with E-state index in [1.807, 2.05) is 0 Å². The molecule has 0 spiro atoms. The van der Waals surface area contributed by atoms with Gasteiger partial charge in [0, 0.05) is 10.5 Å². The number of hydrogen-bond donors (Lipinski definition) is 2. The van der Waals surface area contributed by atoms with Crippen LogP contribution in [-0.4, -0.2) is 18.4 Å². The molecule has 0 aliphatic heterocycles. The van der Waals surface area contributed by atoms with Crippen LogP contribution in [0.5, 0.6) is 11.5 Å². The zero-order valence-corrected chi connectivity index (χ0v) is 13.6. The lowest BCUT2D eigenvalue weighted by atomic mass is 10.0. The predicted octanol–water partition coefficient (Wildman–Crippen LogP) is 4.30. The van der Waals surface area contributed by atoms with Gasteiger partial charge in [-0.15, -0.1) is 12.4 Å². The first-order chi connectivity index (χ1) is 8.17. The lowest BCUT2D eigenvalue weighted by molar-refractivity contribution is -0.138. The second kappa shape index (κ2) is 7.01. The van der Waals surface area contributed by atoms with Crippen molar-refractivity contribution in [3.8, 4) is 11.5 Å². The number of ether oxygens (including phenoxy) is 1. The Hall–Kier alpha value is -0.180. The summed E-state index contributed by atoms with van der Waals surface area (Å²) in [4.78, 5) is 0. The van der Waals surface area contributed by atoms with Crippen molar-refractivity contribution in [3.63, 3.8) is 0 Å². The van der Waals surface area contributed by atoms with Crippen molar-refractivity contribution in [1.82, 2.24) is 0 Å². The maximum absolute atomic E-state index is 12.3. The van der Waals surface area contributed by atoms with Crippen LogP contribution < -0.4 is 10.5 Å². The highest BCUT2D eigenvalue weighted by Gasteiger charge is 2.32. The molecule has 0 saturated heterocycles. The monoisotopic (exact) mass is 427 g/mol. The number of rotatable bonds is 3. The van der Waals surface area contributed by atoms with Crippen LogP contribution in [0.3, 0.4) is 0 Å². The number of phenols is 1. The van der Waals surface area contributed by atoms with Gasteiger partial charge in [-0.25, -0.2) is 0 Å². The molecule has 3 nitrogen and oxygen atoms in total. The second-order valence-electron chi connectivity index (χ2n) is 3.57. The molecule has 9 heteroatoms. The Morgan fingerprint density at radius 3 is 2.32 bits per heavy atom. The zero-order chi connectivity index (χ0) is 14.1. The Balaban J connectivity index is 0.00000324. The summed E-state index contributed by atoms with van der Waals surface area (Å²) in [5.41, 5.74) is 5.72. The minimum atomic E-state index is -4.36. The van der Waals surface area contributed by atoms with E-state index in [1.54, 1.807) is 0 Å². The second-order valence-corrected chi connectivity index (χ2v) is 5.16. The third kappa shape index (κ3) is 4.70. The van der Waals surface area contributed by atoms with Gasteiger partial charge in [0.1, 0.15) is 0 Å². The number of hydrogen-bond acceptors (Lipinski definition) is 3. The SMILES string of the molecule is COc1cc([C@@H](N)CC(F)(F)F)c(Br)c(Br)c1O.Cl. The number of nitrogens with two attached hydrogens (primary N) is 1. The summed E-state index contributed by atoms with van der Waals surface area (Å²) >= 11 is 6.15. The first-order valence-corrected chi connectivity index (χ1v) is 6.33. The summed E-state index contributed by atoms with van der Waals surface area (Å²) in [6.07, 6.45) is -5.53. The van der Waals surface area contributed by atoms with Crippen LogP contribution in [0.4, 0.5) is 13.2 Å².